The largest absolute Gasteiger partial charge is 0.353 e. The lowest BCUT2D eigenvalue weighted by Gasteiger charge is -2.24. The molecule has 2 bridgehead atoms. The van der Waals surface area contributed by atoms with Gasteiger partial charge in [-0.2, -0.15) is 0 Å². The minimum absolute atomic E-state index is 0.0661. The molecule has 0 radical (unpaired) electrons. The molecule has 0 aromatic heterocycles. The Kier molecular flexibility index (Phi) is 3.48. The molecule has 25 heavy (non-hydrogen) atoms. The van der Waals surface area contributed by atoms with Gasteiger partial charge in [0, 0.05) is 11.5 Å². The molecule has 0 saturated heterocycles. The topological polar surface area (TPSA) is 29.1 Å². The van der Waals surface area contributed by atoms with E-state index in [-0.39, 0.29) is 17.2 Å². The first kappa shape index (κ1) is 15.2. The molecule has 3 aliphatic carbocycles. The monoisotopic (exact) mass is 331 g/mol. The van der Waals surface area contributed by atoms with Crippen LogP contribution in [0.25, 0.3) is 0 Å². The van der Waals surface area contributed by atoms with E-state index in [1.165, 1.54) is 36.8 Å². The van der Waals surface area contributed by atoms with E-state index in [1.54, 1.807) is 0 Å². The summed E-state index contributed by atoms with van der Waals surface area (Å²) >= 11 is 0. The Balaban J connectivity index is 1.41. The summed E-state index contributed by atoms with van der Waals surface area (Å²) in [7, 11) is 0. The van der Waals surface area contributed by atoms with Gasteiger partial charge in [0.2, 0.25) is 5.91 Å². The van der Waals surface area contributed by atoms with Crippen LogP contribution in [0.1, 0.15) is 43.2 Å². The zero-order valence-corrected chi connectivity index (χ0v) is 14.5. The van der Waals surface area contributed by atoms with Gasteiger partial charge in [-0.3, -0.25) is 4.79 Å². The van der Waals surface area contributed by atoms with Crippen LogP contribution in [0.3, 0.4) is 0 Å². The molecule has 2 aromatic rings. The van der Waals surface area contributed by atoms with E-state index in [2.05, 4.69) is 66.0 Å². The van der Waals surface area contributed by atoms with Crippen LogP contribution in [-0.4, -0.2) is 11.9 Å². The van der Waals surface area contributed by atoms with Gasteiger partial charge >= 0.3 is 0 Å². The number of benzene rings is 2. The van der Waals surface area contributed by atoms with E-state index in [0.29, 0.717) is 6.04 Å². The van der Waals surface area contributed by atoms with Gasteiger partial charge in [-0.05, 0) is 48.6 Å². The molecule has 1 amide bonds. The minimum atomic E-state index is -0.135. The zero-order chi connectivity index (χ0) is 16.9. The van der Waals surface area contributed by atoms with Crippen molar-refractivity contribution in [1.82, 2.24) is 5.32 Å². The molecule has 4 atom stereocenters. The quantitative estimate of drug-likeness (QED) is 0.889. The number of hydrogen-bond donors (Lipinski definition) is 1. The summed E-state index contributed by atoms with van der Waals surface area (Å²) in [5.41, 5.74) is 2.41. The van der Waals surface area contributed by atoms with Gasteiger partial charge in [-0.25, -0.2) is 0 Å². The molecule has 0 heterocycles. The van der Waals surface area contributed by atoms with Crippen molar-refractivity contribution in [3.05, 3.63) is 71.8 Å². The van der Waals surface area contributed by atoms with Gasteiger partial charge in [-0.15, -0.1) is 0 Å². The molecule has 1 unspecified atom stereocenters. The van der Waals surface area contributed by atoms with Crippen LogP contribution >= 0.6 is 0 Å². The Hall–Kier alpha value is -2.09. The average molecular weight is 331 g/mol. The predicted octanol–water partition coefficient (Wildman–Crippen LogP) is 4.30. The maximum atomic E-state index is 13.1. The van der Waals surface area contributed by atoms with Crippen LogP contribution in [0.4, 0.5) is 0 Å². The summed E-state index contributed by atoms with van der Waals surface area (Å²) < 4.78 is 0. The molecule has 3 saturated carbocycles. The van der Waals surface area contributed by atoms with Crippen molar-refractivity contribution in [2.45, 2.75) is 43.6 Å². The van der Waals surface area contributed by atoms with Crippen LogP contribution in [0.15, 0.2) is 60.7 Å². The van der Waals surface area contributed by atoms with Crippen molar-refractivity contribution < 1.29 is 4.79 Å². The van der Waals surface area contributed by atoms with Gasteiger partial charge < -0.3 is 5.32 Å². The predicted molar refractivity (Wildman–Crippen MR) is 99.1 cm³/mol. The highest BCUT2D eigenvalue weighted by molar-refractivity contribution is 5.86. The Labute approximate surface area is 149 Å². The number of carbonyl (C=O) groups is 1. The van der Waals surface area contributed by atoms with E-state index in [0.717, 1.165) is 18.3 Å². The number of amides is 1. The fourth-order valence-electron chi connectivity index (χ4n) is 5.56. The van der Waals surface area contributed by atoms with Crippen molar-refractivity contribution in [3.8, 4) is 0 Å². The first-order chi connectivity index (χ1) is 12.3. The van der Waals surface area contributed by atoms with Crippen molar-refractivity contribution in [2.24, 2.45) is 17.8 Å². The third-order valence-corrected chi connectivity index (χ3v) is 6.92. The van der Waals surface area contributed by atoms with E-state index >= 15 is 0 Å². The summed E-state index contributed by atoms with van der Waals surface area (Å²) in [6.07, 6.45) is 6.14. The van der Waals surface area contributed by atoms with Gasteiger partial charge in [0.05, 0.1) is 5.92 Å². The van der Waals surface area contributed by atoms with Crippen LogP contribution in [0, 0.1) is 17.8 Å². The zero-order valence-electron chi connectivity index (χ0n) is 14.5. The number of carbonyl (C=O) groups excluding carboxylic acids is 1. The second kappa shape index (κ2) is 5.72. The highest BCUT2D eigenvalue weighted by atomic mass is 16.2. The third-order valence-electron chi connectivity index (χ3n) is 6.92. The SMILES string of the molecule is O=C(N[C@H]1C[C@H]2CC[C@@H]1C2)C1CC1(c1ccccc1)c1ccccc1. The molecular formula is C23H25NO. The molecule has 3 aliphatic rings. The molecule has 0 aliphatic heterocycles. The maximum Gasteiger partial charge on any atom is 0.224 e. The van der Waals surface area contributed by atoms with E-state index in [9.17, 15) is 4.79 Å². The van der Waals surface area contributed by atoms with Crippen molar-refractivity contribution in [3.63, 3.8) is 0 Å². The fourth-order valence-corrected chi connectivity index (χ4v) is 5.56. The van der Waals surface area contributed by atoms with Crippen LogP contribution in [0.2, 0.25) is 0 Å². The lowest BCUT2D eigenvalue weighted by atomic mass is 9.85. The van der Waals surface area contributed by atoms with Crippen molar-refractivity contribution >= 4 is 5.91 Å². The standard InChI is InChI=1S/C23H25NO/c25-22(24-21-14-16-11-12-17(21)13-16)20-15-23(20,18-7-3-1-4-8-18)19-9-5-2-6-10-19/h1-10,16-17,20-21H,11-15H2,(H,24,25)/t16-,17+,20?,21-/m0/s1. The molecule has 2 nitrogen and oxygen atoms in total. The van der Waals surface area contributed by atoms with Gasteiger partial charge in [0.15, 0.2) is 0 Å². The molecular weight excluding hydrogens is 306 g/mol. The van der Waals surface area contributed by atoms with Crippen LogP contribution in [0.5, 0.6) is 0 Å². The van der Waals surface area contributed by atoms with E-state index in [4.69, 9.17) is 0 Å². The summed E-state index contributed by atoms with van der Waals surface area (Å²) in [5.74, 6) is 1.93. The summed E-state index contributed by atoms with van der Waals surface area (Å²) in [5, 5.41) is 3.43. The van der Waals surface area contributed by atoms with Crippen molar-refractivity contribution in [2.75, 3.05) is 0 Å². The van der Waals surface area contributed by atoms with Crippen LogP contribution in [-0.2, 0) is 10.2 Å². The van der Waals surface area contributed by atoms with Gasteiger partial charge in [0.25, 0.3) is 0 Å². The Bertz CT molecular complexity index is 730. The van der Waals surface area contributed by atoms with Gasteiger partial charge in [0.1, 0.15) is 0 Å². The Morgan fingerprint density at radius 1 is 0.880 bits per heavy atom. The average Bonchev–Trinajstić information content (AvgIpc) is 3.10. The van der Waals surface area contributed by atoms with Crippen LogP contribution < -0.4 is 5.32 Å². The molecule has 2 heteroatoms. The number of nitrogens with one attached hydrogen (secondary N) is 1. The summed E-state index contributed by atoms with van der Waals surface area (Å²) in [6, 6.07) is 21.6. The highest BCUT2D eigenvalue weighted by Gasteiger charge is 2.60. The summed E-state index contributed by atoms with van der Waals surface area (Å²) in [6.45, 7) is 0. The Morgan fingerprint density at radius 3 is 2.04 bits per heavy atom. The second-order valence-corrected chi connectivity index (χ2v) is 8.25. The number of hydrogen-bond acceptors (Lipinski definition) is 1. The third kappa shape index (κ3) is 2.42. The molecule has 5 rings (SSSR count). The number of fused-ring (bicyclic) bond motifs is 2. The highest BCUT2D eigenvalue weighted by Crippen LogP contribution is 2.59. The van der Waals surface area contributed by atoms with E-state index in [1.807, 2.05) is 0 Å². The first-order valence-corrected chi connectivity index (χ1v) is 9.69. The summed E-state index contributed by atoms with van der Waals surface area (Å²) in [4.78, 5) is 13.1. The molecule has 0 spiro atoms. The number of rotatable bonds is 4. The lowest BCUT2D eigenvalue weighted by molar-refractivity contribution is -0.123. The Morgan fingerprint density at radius 2 is 1.52 bits per heavy atom. The molecule has 3 fully saturated rings. The lowest BCUT2D eigenvalue weighted by Crippen LogP contribution is -2.40. The molecule has 2 aromatic carbocycles. The smallest absolute Gasteiger partial charge is 0.224 e. The van der Waals surface area contributed by atoms with E-state index < -0.39 is 0 Å². The minimum Gasteiger partial charge on any atom is -0.353 e. The molecule has 1 N–H and O–H groups in total. The normalized spacial score (nSPS) is 31.7. The first-order valence-electron chi connectivity index (χ1n) is 9.69. The van der Waals surface area contributed by atoms with Crippen molar-refractivity contribution in [1.29, 1.82) is 0 Å². The fraction of sp³-hybridized carbons (Fsp3) is 0.435. The van der Waals surface area contributed by atoms with Gasteiger partial charge in [-0.1, -0.05) is 67.1 Å². The maximum absolute atomic E-state index is 13.1. The second-order valence-electron chi connectivity index (χ2n) is 8.25. The molecule has 128 valence electrons.